The van der Waals surface area contributed by atoms with Crippen LogP contribution in [-0.2, 0) is 21.7 Å². The van der Waals surface area contributed by atoms with Gasteiger partial charge in [0.15, 0.2) is 0 Å². The molecule has 0 nitrogen and oxygen atoms in total. The maximum atomic E-state index is 3.21. The maximum Gasteiger partial charge on any atom is 0 e. The minimum absolute atomic E-state index is 0. The van der Waals surface area contributed by atoms with E-state index in [9.17, 15) is 0 Å². The SMILES string of the molecule is CCC1=[C-]CC=C1.[Ti]. The van der Waals surface area contributed by atoms with Crippen molar-refractivity contribution in [2.45, 2.75) is 19.8 Å². The van der Waals surface area contributed by atoms with Crippen molar-refractivity contribution >= 4 is 0 Å². The monoisotopic (exact) mass is 141 g/mol. The number of rotatable bonds is 1. The van der Waals surface area contributed by atoms with Gasteiger partial charge in [-0.05, 0) is 0 Å². The van der Waals surface area contributed by atoms with Crippen molar-refractivity contribution in [2.75, 3.05) is 0 Å². The van der Waals surface area contributed by atoms with Crippen LogP contribution in [0.3, 0.4) is 0 Å². The van der Waals surface area contributed by atoms with Gasteiger partial charge in [0.1, 0.15) is 0 Å². The summed E-state index contributed by atoms with van der Waals surface area (Å²) < 4.78 is 0. The zero-order valence-corrected chi connectivity index (χ0v) is 6.63. The molecule has 0 aliphatic heterocycles. The van der Waals surface area contributed by atoms with E-state index in [4.69, 9.17) is 0 Å². The van der Waals surface area contributed by atoms with E-state index < -0.39 is 0 Å². The fourth-order valence-electron chi connectivity index (χ4n) is 0.693. The Balaban J connectivity index is 0.000000490. The van der Waals surface area contributed by atoms with Gasteiger partial charge in [0.05, 0.1) is 0 Å². The first-order valence-corrected chi connectivity index (χ1v) is 2.69. The number of hydrogen-bond acceptors (Lipinski definition) is 0. The fraction of sp³-hybridized carbons (Fsp3) is 0.429. The van der Waals surface area contributed by atoms with Crippen LogP contribution >= 0.6 is 0 Å². The van der Waals surface area contributed by atoms with Gasteiger partial charge < -0.3 is 0 Å². The summed E-state index contributed by atoms with van der Waals surface area (Å²) in [6.07, 6.45) is 9.65. The molecule has 1 aliphatic rings. The summed E-state index contributed by atoms with van der Waals surface area (Å²) in [7, 11) is 0. The number of hydrogen-bond donors (Lipinski definition) is 0. The molecule has 0 radical (unpaired) electrons. The van der Waals surface area contributed by atoms with E-state index in [2.05, 4.69) is 25.2 Å². The van der Waals surface area contributed by atoms with Gasteiger partial charge in [-0.25, -0.2) is 11.6 Å². The molecule has 0 bridgehead atoms. The summed E-state index contributed by atoms with van der Waals surface area (Å²) in [6.45, 7) is 2.15. The molecule has 0 saturated carbocycles. The van der Waals surface area contributed by atoms with Gasteiger partial charge in [0.2, 0.25) is 0 Å². The summed E-state index contributed by atoms with van der Waals surface area (Å²) in [5.74, 6) is 0. The van der Waals surface area contributed by atoms with Crippen molar-refractivity contribution < 1.29 is 21.7 Å². The second-order valence-electron chi connectivity index (χ2n) is 1.66. The first-order valence-electron chi connectivity index (χ1n) is 2.69. The Labute approximate surface area is 65.6 Å². The van der Waals surface area contributed by atoms with E-state index in [1.807, 2.05) is 0 Å². The fourth-order valence-corrected chi connectivity index (χ4v) is 0.693. The molecule has 0 heterocycles. The zero-order valence-electron chi connectivity index (χ0n) is 5.07. The van der Waals surface area contributed by atoms with E-state index in [0.717, 1.165) is 12.8 Å². The molecule has 1 heteroatoms. The van der Waals surface area contributed by atoms with Gasteiger partial charge in [0, 0.05) is 21.7 Å². The molecule has 0 N–H and O–H groups in total. The van der Waals surface area contributed by atoms with Crippen LogP contribution in [0, 0.1) is 6.08 Å². The molecule has 0 unspecified atom stereocenters. The predicted octanol–water partition coefficient (Wildman–Crippen LogP) is 2.08. The largest absolute Gasteiger partial charge is 0.270 e. The van der Waals surface area contributed by atoms with Crippen LogP contribution in [-0.4, -0.2) is 0 Å². The Bertz CT molecular complexity index is 112. The van der Waals surface area contributed by atoms with Crippen LogP contribution < -0.4 is 0 Å². The molecule has 0 amide bonds. The van der Waals surface area contributed by atoms with Gasteiger partial charge in [-0.3, -0.25) is 6.08 Å². The average Bonchev–Trinajstić information content (AvgIpc) is 2.14. The molecule has 0 fully saturated rings. The molecule has 0 spiro atoms. The Morgan fingerprint density at radius 1 is 1.75 bits per heavy atom. The molecule has 0 aromatic rings. The van der Waals surface area contributed by atoms with Crippen LogP contribution in [0.15, 0.2) is 17.7 Å². The molecule has 42 valence electrons. The average molecular weight is 141 g/mol. The topological polar surface area (TPSA) is 0 Å². The van der Waals surface area contributed by atoms with E-state index in [1.165, 1.54) is 5.57 Å². The standard InChI is InChI=1S/C7H9.Ti/c1-2-7-5-3-4-6-7;/h3,5H,2,4H2,1H3;/q-1;. The van der Waals surface area contributed by atoms with E-state index in [-0.39, 0.29) is 21.7 Å². The molecule has 8 heavy (non-hydrogen) atoms. The van der Waals surface area contributed by atoms with Gasteiger partial charge in [0.25, 0.3) is 0 Å². The van der Waals surface area contributed by atoms with E-state index >= 15 is 0 Å². The van der Waals surface area contributed by atoms with Crippen LogP contribution in [0.1, 0.15) is 19.8 Å². The van der Waals surface area contributed by atoms with Crippen molar-refractivity contribution in [3.8, 4) is 0 Å². The van der Waals surface area contributed by atoms with Gasteiger partial charge >= 0.3 is 0 Å². The van der Waals surface area contributed by atoms with Crippen LogP contribution in [0.5, 0.6) is 0 Å². The minimum atomic E-state index is 0. The van der Waals surface area contributed by atoms with Crippen LogP contribution in [0.4, 0.5) is 0 Å². The Morgan fingerprint density at radius 3 is 2.75 bits per heavy atom. The molecule has 0 aromatic carbocycles. The number of allylic oxidation sites excluding steroid dienone is 4. The minimum Gasteiger partial charge on any atom is -0.270 e. The van der Waals surface area contributed by atoms with Crippen molar-refractivity contribution in [2.24, 2.45) is 0 Å². The van der Waals surface area contributed by atoms with Crippen LogP contribution in [0.25, 0.3) is 0 Å². The van der Waals surface area contributed by atoms with E-state index in [1.54, 1.807) is 0 Å². The normalized spacial score (nSPS) is 15.4. The zero-order chi connectivity index (χ0) is 5.11. The summed E-state index contributed by atoms with van der Waals surface area (Å²) in [6, 6.07) is 0. The summed E-state index contributed by atoms with van der Waals surface area (Å²) >= 11 is 0. The third-order valence-electron chi connectivity index (χ3n) is 1.15. The smallest absolute Gasteiger partial charge is 0 e. The molecular weight excluding hydrogens is 132 g/mol. The Kier molecular flexibility index (Phi) is 4.21. The quantitative estimate of drug-likeness (QED) is 0.387. The van der Waals surface area contributed by atoms with Crippen molar-refractivity contribution in [3.63, 3.8) is 0 Å². The molecule has 0 saturated heterocycles. The second kappa shape index (κ2) is 4.11. The maximum absolute atomic E-state index is 3.21. The van der Waals surface area contributed by atoms with Gasteiger partial charge in [-0.1, -0.05) is 13.3 Å². The van der Waals surface area contributed by atoms with E-state index in [0.29, 0.717) is 0 Å². The molecule has 1 rings (SSSR count). The first-order chi connectivity index (χ1) is 3.43. The first kappa shape index (κ1) is 8.19. The van der Waals surface area contributed by atoms with Crippen molar-refractivity contribution in [1.29, 1.82) is 0 Å². The second-order valence-corrected chi connectivity index (χ2v) is 1.66. The van der Waals surface area contributed by atoms with Gasteiger partial charge in [-0.2, -0.15) is 6.08 Å². The molecule has 1 aliphatic carbocycles. The Morgan fingerprint density at radius 2 is 2.50 bits per heavy atom. The third-order valence-corrected chi connectivity index (χ3v) is 1.15. The molecule has 0 aromatic heterocycles. The van der Waals surface area contributed by atoms with Crippen molar-refractivity contribution in [1.82, 2.24) is 0 Å². The third kappa shape index (κ3) is 1.98. The molecular formula is C7H9Ti-. The van der Waals surface area contributed by atoms with Crippen molar-refractivity contribution in [3.05, 3.63) is 23.8 Å². The summed E-state index contributed by atoms with van der Waals surface area (Å²) in [4.78, 5) is 0. The summed E-state index contributed by atoms with van der Waals surface area (Å²) in [5, 5.41) is 0. The van der Waals surface area contributed by atoms with Crippen LogP contribution in [0.2, 0.25) is 0 Å². The Hall–Kier alpha value is 0.194. The predicted molar refractivity (Wildman–Crippen MR) is 30.8 cm³/mol. The molecule has 0 atom stereocenters. The van der Waals surface area contributed by atoms with Gasteiger partial charge in [-0.15, -0.1) is 6.42 Å². The summed E-state index contributed by atoms with van der Waals surface area (Å²) in [5.41, 5.74) is 1.36.